The van der Waals surface area contributed by atoms with Gasteiger partial charge >= 0.3 is 0 Å². The molecule has 0 heterocycles. The van der Waals surface area contributed by atoms with Crippen LogP contribution in [0, 0.1) is 17.0 Å². The predicted octanol–water partition coefficient (Wildman–Crippen LogP) is 3.63. The highest BCUT2D eigenvalue weighted by atomic mass is 16.6. The van der Waals surface area contributed by atoms with E-state index < -0.39 is 4.92 Å². The maximum Gasteiger partial charge on any atom is 0.286 e. The lowest BCUT2D eigenvalue weighted by Gasteiger charge is -2.15. The van der Waals surface area contributed by atoms with E-state index in [2.05, 4.69) is 13.2 Å². The minimum Gasteiger partial charge on any atom is -0.489 e. The molecule has 0 saturated carbocycles. The van der Waals surface area contributed by atoms with Crippen molar-refractivity contribution in [3.63, 3.8) is 0 Å². The standard InChI is InChI=1S/C16H19NO5/c1-4-6-8-21-14-10-13(11-18)15(17(19)20)12(3)16(14)22-9-7-5-2/h4-5,10-11H,1-2,6-9H2,3H3. The number of nitro groups is 1. The van der Waals surface area contributed by atoms with Crippen LogP contribution in [0.25, 0.3) is 0 Å². The first-order valence-corrected chi connectivity index (χ1v) is 6.81. The molecule has 0 aliphatic carbocycles. The summed E-state index contributed by atoms with van der Waals surface area (Å²) in [5.41, 5.74) is -0.0286. The summed E-state index contributed by atoms with van der Waals surface area (Å²) in [5.74, 6) is 0.597. The number of hydrogen-bond acceptors (Lipinski definition) is 5. The lowest BCUT2D eigenvalue weighted by molar-refractivity contribution is -0.385. The van der Waals surface area contributed by atoms with Crippen molar-refractivity contribution in [2.24, 2.45) is 0 Å². The Morgan fingerprint density at radius 3 is 2.32 bits per heavy atom. The maximum absolute atomic E-state index is 11.2. The largest absolute Gasteiger partial charge is 0.489 e. The van der Waals surface area contributed by atoms with E-state index in [4.69, 9.17) is 9.47 Å². The van der Waals surface area contributed by atoms with Crippen LogP contribution in [-0.4, -0.2) is 24.4 Å². The van der Waals surface area contributed by atoms with Crippen LogP contribution in [0.4, 0.5) is 5.69 Å². The molecule has 0 bridgehead atoms. The molecule has 6 heteroatoms. The summed E-state index contributed by atoms with van der Waals surface area (Å²) in [6, 6.07) is 1.34. The molecule has 0 aliphatic heterocycles. The van der Waals surface area contributed by atoms with E-state index in [1.807, 2.05) is 0 Å². The fraction of sp³-hybridized carbons (Fsp3) is 0.312. The first kappa shape index (κ1) is 17.4. The Morgan fingerprint density at radius 2 is 1.82 bits per heavy atom. The normalized spacial score (nSPS) is 9.86. The van der Waals surface area contributed by atoms with Crippen LogP contribution in [0.3, 0.4) is 0 Å². The van der Waals surface area contributed by atoms with E-state index in [0.717, 1.165) is 0 Å². The molecule has 1 rings (SSSR count). The Hall–Kier alpha value is -2.63. The van der Waals surface area contributed by atoms with E-state index in [1.165, 1.54) is 13.0 Å². The number of aldehydes is 1. The molecule has 0 unspecified atom stereocenters. The zero-order valence-electron chi connectivity index (χ0n) is 12.5. The molecule has 0 atom stereocenters. The number of nitro benzene ring substituents is 1. The molecular formula is C16H19NO5. The van der Waals surface area contributed by atoms with Crippen LogP contribution in [0.1, 0.15) is 28.8 Å². The van der Waals surface area contributed by atoms with E-state index >= 15 is 0 Å². The Labute approximate surface area is 129 Å². The number of benzene rings is 1. The van der Waals surface area contributed by atoms with E-state index in [9.17, 15) is 14.9 Å². The molecule has 0 amide bonds. The third-order valence-corrected chi connectivity index (χ3v) is 2.94. The fourth-order valence-electron chi connectivity index (χ4n) is 1.90. The van der Waals surface area contributed by atoms with E-state index in [0.29, 0.717) is 38.1 Å². The van der Waals surface area contributed by atoms with Crippen molar-refractivity contribution in [1.82, 2.24) is 0 Å². The molecule has 0 fully saturated rings. The summed E-state index contributed by atoms with van der Waals surface area (Å²) >= 11 is 0. The third-order valence-electron chi connectivity index (χ3n) is 2.94. The van der Waals surface area contributed by atoms with Gasteiger partial charge in [0, 0.05) is 6.07 Å². The molecule has 1 aromatic carbocycles. The van der Waals surface area contributed by atoms with Crippen LogP contribution in [0.15, 0.2) is 31.4 Å². The van der Waals surface area contributed by atoms with Crippen molar-refractivity contribution < 1.29 is 19.2 Å². The highest BCUT2D eigenvalue weighted by Gasteiger charge is 2.25. The molecule has 0 radical (unpaired) electrons. The second-order valence-electron chi connectivity index (χ2n) is 4.49. The van der Waals surface area contributed by atoms with Gasteiger partial charge in [-0.1, -0.05) is 12.2 Å². The summed E-state index contributed by atoms with van der Waals surface area (Å²) < 4.78 is 11.1. The molecular weight excluding hydrogens is 286 g/mol. The number of ether oxygens (including phenoxy) is 2. The molecule has 22 heavy (non-hydrogen) atoms. The number of hydrogen-bond donors (Lipinski definition) is 0. The van der Waals surface area contributed by atoms with Crippen molar-refractivity contribution >= 4 is 12.0 Å². The summed E-state index contributed by atoms with van der Waals surface area (Å²) in [4.78, 5) is 21.7. The van der Waals surface area contributed by atoms with Crippen LogP contribution in [-0.2, 0) is 0 Å². The first-order chi connectivity index (χ1) is 10.6. The van der Waals surface area contributed by atoms with Gasteiger partial charge in [-0.2, -0.15) is 0 Å². The monoisotopic (exact) mass is 305 g/mol. The van der Waals surface area contributed by atoms with Gasteiger partial charge < -0.3 is 9.47 Å². The molecule has 0 N–H and O–H groups in total. The highest BCUT2D eigenvalue weighted by molar-refractivity contribution is 5.85. The quantitative estimate of drug-likeness (QED) is 0.217. The van der Waals surface area contributed by atoms with Crippen LogP contribution in [0.2, 0.25) is 0 Å². The molecule has 0 saturated heterocycles. The van der Waals surface area contributed by atoms with Crippen LogP contribution in [0.5, 0.6) is 11.5 Å². The van der Waals surface area contributed by atoms with Gasteiger partial charge in [0.2, 0.25) is 0 Å². The average molecular weight is 305 g/mol. The topological polar surface area (TPSA) is 78.7 Å². The van der Waals surface area contributed by atoms with Gasteiger partial charge in [-0.15, -0.1) is 13.2 Å². The lowest BCUT2D eigenvalue weighted by atomic mass is 10.1. The van der Waals surface area contributed by atoms with Gasteiger partial charge in [-0.3, -0.25) is 14.9 Å². The van der Waals surface area contributed by atoms with Crippen molar-refractivity contribution in [2.75, 3.05) is 13.2 Å². The lowest BCUT2D eigenvalue weighted by Crippen LogP contribution is -2.07. The van der Waals surface area contributed by atoms with Gasteiger partial charge in [-0.25, -0.2) is 0 Å². The van der Waals surface area contributed by atoms with Crippen LogP contribution >= 0.6 is 0 Å². The molecule has 118 valence electrons. The number of carbonyl (C=O) groups excluding carboxylic acids is 1. The number of rotatable bonds is 10. The summed E-state index contributed by atoms with van der Waals surface area (Å²) in [6.45, 7) is 9.39. The SMILES string of the molecule is C=CCCOc1cc(C=O)c([N+](=O)[O-])c(C)c1OCCC=C. The minimum atomic E-state index is -0.590. The van der Waals surface area contributed by atoms with Crippen molar-refractivity contribution in [3.05, 3.63) is 52.6 Å². The minimum absolute atomic E-state index is 0.0350. The van der Waals surface area contributed by atoms with E-state index in [-0.39, 0.29) is 22.6 Å². The van der Waals surface area contributed by atoms with Gasteiger partial charge in [-0.05, 0) is 19.8 Å². The molecule has 6 nitrogen and oxygen atoms in total. The Balaban J connectivity index is 3.28. The Bertz CT molecular complexity index is 580. The zero-order chi connectivity index (χ0) is 16.5. The van der Waals surface area contributed by atoms with Crippen molar-refractivity contribution in [3.8, 4) is 11.5 Å². The Kier molecular flexibility index (Phi) is 6.82. The first-order valence-electron chi connectivity index (χ1n) is 6.81. The third kappa shape index (κ3) is 4.18. The van der Waals surface area contributed by atoms with Gasteiger partial charge in [0.05, 0.1) is 29.3 Å². The average Bonchev–Trinajstić information content (AvgIpc) is 2.49. The van der Waals surface area contributed by atoms with Crippen molar-refractivity contribution in [1.29, 1.82) is 0 Å². The highest BCUT2D eigenvalue weighted by Crippen LogP contribution is 2.39. The molecule has 0 aromatic heterocycles. The molecule has 1 aromatic rings. The van der Waals surface area contributed by atoms with E-state index in [1.54, 1.807) is 12.2 Å². The number of nitrogens with zero attached hydrogens (tertiary/aromatic N) is 1. The number of carbonyl (C=O) groups is 1. The fourth-order valence-corrected chi connectivity index (χ4v) is 1.90. The summed E-state index contributed by atoms with van der Waals surface area (Å²) in [6.07, 6.45) is 5.02. The van der Waals surface area contributed by atoms with Gasteiger partial charge in [0.25, 0.3) is 5.69 Å². The zero-order valence-corrected chi connectivity index (χ0v) is 12.5. The Morgan fingerprint density at radius 1 is 1.23 bits per heavy atom. The second kappa shape index (κ2) is 8.61. The van der Waals surface area contributed by atoms with Gasteiger partial charge in [0.1, 0.15) is 0 Å². The molecule has 0 aliphatic rings. The summed E-state index contributed by atoms with van der Waals surface area (Å²) in [7, 11) is 0. The second-order valence-corrected chi connectivity index (χ2v) is 4.49. The van der Waals surface area contributed by atoms with Crippen molar-refractivity contribution in [2.45, 2.75) is 19.8 Å². The smallest absolute Gasteiger partial charge is 0.286 e. The predicted molar refractivity (Wildman–Crippen MR) is 83.8 cm³/mol. The maximum atomic E-state index is 11.2. The molecule has 0 spiro atoms. The van der Waals surface area contributed by atoms with Crippen LogP contribution < -0.4 is 9.47 Å². The van der Waals surface area contributed by atoms with Gasteiger partial charge in [0.15, 0.2) is 17.8 Å². The summed E-state index contributed by atoms with van der Waals surface area (Å²) in [5, 5.41) is 11.2.